The number of carbonyl (C=O) groups is 2. The average molecular weight is 328 g/mol. The lowest BCUT2D eigenvalue weighted by Crippen LogP contribution is -2.49. The molecule has 4 N–H and O–H groups in total. The number of urea groups is 2. The van der Waals surface area contributed by atoms with Crippen molar-refractivity contribution < 1.29 is 14.2 Å². The molecule has 0 bridgehead atoms. The molecule has 0 fully saturated rings. The first-order chi connectivity index (χ1) is 10.2. The Labute approximate surface area is 129 Å². The fraction of sp³-hybridized carbons (Fsp3) is 0.333. The maximum Gasteiger partial charge on any atom is 0.336 e. The van der Waals surface area contributed by atoms with Crippen molar-refractivity contribution in [2.45, 2.75) is 0 Å². The predicted octanol–water partition coefficient (Wildman–Crippen LogP) is 0.0566. The summed E-state index contributed by atoms with van der Waals surface area (Å²) in [5, 5.41) is 7.73. The first-order valence-electron chi connectivity index (χ1n) is 6.41. The fourth-order valence-corrected chi connectivity index (χ4v) is 3.12. The Morgan fingerprint density at radius 3 is 1.64 bits per heavy atom. The van der Waals surface area contributed by atoms with E-state index in [0.717, 1.165) is 0 Å². The molecule has 4 amide bonds. The minimum absolute atomic E-state index is 0.304. The number of amides is 4. The first-order valence-corrected chi connectivity index (χ1v) is 8.12. The Hall–Kier alpha value is -2.09. The standard InChI is InChI=1S/C12H21N6O3P/c1-17(2)13-11(19)15-22(21,10-8-6-5-7-9-10)16-12(20)14-18(3)4/h5-9H,1-4H3,(H4,13,14,15,16,19,20,21). The molecule has 0 unspecified atom stereocenters. The Morgan fingerprint density at radius 1 is 0.864 bits per heavy atom. The van der Waals surface area contributed by atoms with Gasteiger partial charge in [0, 0.05) is 28.2 Å². The summed E-state index contributed by atoms with van der Waals surface area (Å²) in [5.41, 5.74) is 4.82. The van der Waals surface area contributed by atoms with E-state index in [9.17, 15) is 14.2 Å². The van der Waals surface area contributed by atoms with Crippen molar-refractivity contribution in [3.8, 4) is 0 Å². The van der Waals surface area contributed by atoms with E-state index in [-0.39, 0.29) is 0 Å². The number of hydrazine groups is 2. The third kappa shape index (κ3) is 5.72. The molecule has 9 nitrogen and oxygen atoms in total. The molecule has 0 radical (unpaired) electrons. The third-order valence-electron chi connectivity index (χ3n) is 2.29. The van der Waals surface area contributed by atoms with Gasteiger partial charge in [0.2, 0.25) is 0 Å². The van der Waals surface area contributed by atoms with Crippen molar-refractivity contribution in [2.24, 2.45) is 0 Å². The number of nitrogens with zero attached hydrogens (tertiary/aromatic N) is 2. The zero-order chi connectivity index (χ0) is 16.8. The summed E-state index contributed by atoms with van der Waals surface area (Å²) >= 11 is 0. The summed E-state index contributed by atoms with van der Waals surface area (Å²) in [5.74, 6) is 0. The van der Waals surface area contributed by atoms with E-state index in [1.165, 1.54) is 10.0 Å². The van der Waals surface area contributed by atoms with Gasteiger partial charge in [0.25, 0.3) is 7.44 Å². The van der Waals surface area contributed by atoms with Gasteiger partial charge in [-0.3, -0.25) is 25.6 Å². The van der Waals surface area contributed by atoms with Crippen molar-refractivity contribution in [3.05, 3.63) is 30.3 Å². The monoisotopic (exact) mass is 328 g/mol. The van der Waals surface area contributed by atoms with E-state index in [4.69, 9.17) is 0 Å². The van der Waals surface area contributed by atoms with E-state index < -0.39 is 19.5 Å². The highest BCUT2D eigenvalue weighted by atomic mass is 31.2. The van der Waals surface area contributed by atoms with E-state index in [2.05, 4.69) is 21.0 Å². The molecular formula is C12H21N6O3P. The lowest BCUT2D eigenvalue weighted by Gasteiger charge is -2.23. The van der Waals surface area contributed by atoms with E-state index in [1.807, 2.05) is 0 Å². The Bertz CT molecular complexity index is 535. The van der Waals surface area contributed by atoms with E-state index in [0.29, 0.717) is 5.30 Å². The molecule has 1 aromatic rings. The van der Waals surface area contributed by atoms with Crippen LogP contribution in [0, 0.1) is 0 Å². The van der Waals surface area contributed by atoms with Crippen molar-refractivity contribution in [1.82, 2.24) is 31.0 Å². The molecule has 122 valence electrons. The van der Waals surface area contributed by atoms with Gasteiger partial charge < -0.3 is 0 Å². The molecule has 0 spiro atoms. The first kappa shape index (κ1) is 18.0. The molecular weight excluding hydrogens is 307 g/mol. The van der Waals surface area contributed by atoms with Gasteiger partial charge in [0.15, 0.2) is 0 Å². The Morgan fingerprint density at radius 2 is 1.27 bits per heavy atom. The van der Waals surface area contributed by atoms with Crippen molar-refractivity contribution in [3.63, 3.8) is 0 Å². The number of hydrogen-bond donors (Lipinski definition) is 4. The highest BCUT2D eigenvalue weighted by Crippen LogP contribution is 2.34. The van der Waals surface area contributed by atoms with Crippen LogP contribution in [0.3, 0.4) is 0 Å². The van der Waals surface area contributed by atoms with Crippen LogP contribution in [0.25, 0.3) is 0 Å². The third-order valence-corrected chi connectivity index (χ3v) is 4.35. The molecule has 0 aliphatic heterocycles. The van der Waals surface area contributed by atoms with Crippen LogP contribution < -0.4 is 26.3 Å². The van der Waals surface area contributed by atoms with Crippen molar-refractivity contribution in [1.29, 1.82) is 0 Å². The molecule has 10 heteroatoms. The molecule has 0 aliphatic carbocycles. The second-order valence-corrected chi connectivity index (χ2v) is 7.02. The summed E-state index contributed by atoms with van der Waals surface area (Å²) in [7, 11) is 2.77. The second-order valence-electron chi connectivity index (χ2n) is 4.84. The van der Waals surface area contributed by atoms with E-state index >= 15 is 0 Å². The molecule has 0 saturated heterocycles. The lowest BCUT2D eigenvalue weighted by molar-refractivity contribution is 0.216. The topological polar surface area (TPSA) is 106 Å². The number of carbonyl (C=O) groups excluding carboxylic acids is 2. The van der Waals surface area contributed by atoms with Crippen LogP contribution in [0.15, 0.2) is 30.3 Å². The van der Waals surface area contributed by atoms with Crippen LogP contribution in [-0.4, -0.2) is 50.3 Å². The van der Waals surface area contributed by atoms with Gasteiger partial charge in [-0.05, 0) is 12.1 Å². The quantitative estimate of drug-likeness (QED) is 0.452. The number of benzene rings is 1. The van der Waals surface area contributed by atoms with Crippen LogP contribution >= 0.6 is 7.44 Å². The van der Waals surface area contributed by atoms with Crippen LogP contribution in [0.5, 0.6) is 0 Å². The predicted molar refractivity (Wildman–Crippen MR) is 84.4 cm³/mol. The summed E-state index contributed by atoms with van der Waals surface area (Å²) < 4.78 is 13.0. The summed E-state index contributed by atoms with van der Waals surface area (Å²) in [4.78, 5) is 23.7. The van der Waals surface area contributed by atoms with Crippen LogP contribution in [-0.2, 0) is 4.57 Å². The maximum atomic E-state index is 13.0. The SMILES string of the molecule is CN(C)NC(=O)NP(=O)(NC(=O)NN(C)C)c1ccccc1. The van der Waals surface area contributed by atoms with Gasteiger partial charge in [-0.2, -0.15) is 0 Å². The molecule has 22 heavy (non-hydrogen) atoms. The molecule has 1 aromatic carbocycles. The minimum atomic E-state index is -3.67. The smallest absolute Gasteiger partial charge is 0.271 e. The molecule has 0 saturated carbocycles. The molecule has 0 aliphatic rings. The second kappa shape index (κ2) is 7.79. The Kier molecular flexibility index (Phi) is 6.36. The molecule has 1 rings (SSSR count). The fourth-order valence-electron chi connectivity index (χ4n) is 1.54. The van der Waals surface area contributed by atoms with E-state index in [1.54, 1.807) is 58.5 Å². The molecule has 0 aromatic heterocycles. The molecule has 0 atom stereocenters. The zero-order valence-corrected chi connectivity index (χ0v) is 13.8. The van der Waals surface area contributed by atoms with Crippen LogP contribution in [0.2, 0.25) is 0 Å². The maximum absolute atomic E-state index is 13.0. The zero-order valence-electron chi connectivity index (χ0n) is 13.0. The van der Waals surface area contributed by atoms with Crippen LogP contribution in [0.4, 0.5) is 9.59 Å². The van der Waals surface area contributed by atoms with Gasteiger partial charge in [-0.15, -0.1) is 0 Å². The number of rotatable bonds is 5. The summed E-state index contributed by atoms with van der Waals surface area (Å²) in [6, 6.07) is 6.81. The number of nitrogens with one attached hydrogen (secondary N) is 4. The highest BCUT2D eigenvalue weighted by molar-refractivity contribution is 7.69. The summed E-state index contributed by atoms with van der Waals surface area (Å²) in [6.45, 7) is 0. The summed E-state index contributed by atoms with van der Waals surface area (Å²) in [6.07, 6.45) is 0. The van der Waals surface area contributed by atoms with Crippen LogP contribution in [0.1, 0.15) is 0 Å². The van der Waals surface area contributed by atoms with Crippen molar-refractivity contribution >= 4 is 24.8 Å². The largest absolute Gasteiger partial charge is 0.336 e. The van der Waals surface area contributed by atoms with Gasteiger partial charge in [-0.1, -0.05) is 18.2 Å². The van der Waals surface area contributed by atoms with Gasteiger partial charge in [-0.25, -0.2) is 19.6 Å². The van der Waals surface area contributed by atoms with Gasteiger partial charge in [0.1, 0.15) is 0 Å². The Balaban J connectivity index is 2.98. The lowest BCUT2D eigenvalue weighted by atomic mass is 10.4. The number of hydrogen-bond acceptors (Lipinski definition) is 5. The minimum Gasteiger partial charge on any atom is -0.271 e. The highest BCUT2D eigenvalue weighted by Gasteiger charge is 2.29. The van der Waals surface area contributed by atoms with Crippen molar-refractivity contribution in [2.75, 3.05) is 28.2 Å². The average Bonchev–Trinajstić information content (AvgIpc) is 2.37. The molecule has 0 heterocycles. The normalized spacial score (nSPS) is 11.2. The van der Waals surface area contributed by atoms with Gasteiger partial charge in [0.05, 0.1) is 5.30 Å². The van der Waals surface area contributed by atoms with Gasteiger partial charge >= 0.3 is 12.1 Å².